The molecule has 0 saturated carbocycles. The Hall–Kier alpha value is -1.62. The number of carbonyl (C=O) groups is 1. The highest BCUT2D eigenvalue weighted by Gasteiger charge is 2.12. The summed E-state index contributed by atoms with van der Waals surface area (Å²) in [5.74, 6) is 0.678. The normalized spacial score (nSPS) is 12.0. The number of carbonyl (C=O) groups excluding carboxylic acids is 1. The molecule has 1 aromatic rings. The molecule has 1 heterocycles. The number of aromatic nitrogens is 1. The van der Waals surface area contributed by atoms with Crippen molar-refractivity contribution in [1.29, 1.82) is 0 Å². The second-order valence-corrected chi connectivity index (χ2v) is 5.05. The van der Waals surface area contributed by atoms with Gasteiger partial charge in [0.1, 0.15) is 5.82 Å². The lowest BCUT2D eigenvalue weighted by molar-refractivity contribution is 0.0872. The van der Waals surface area contributed by atoms with E-state index in [1.54, 1.807) is 6.07 Å². The third kappa shape index (κ3) is 6.12. The van der Waals surface area contributed by atoms with Gasteiger partial charge in [-0.1, -0.05) is 13.8 Å². The number of hydrogen-bond donors (Lipinski definition) is 2. The van der Waals surface area contributed by atoms with Crippen LogP contribution in [0, 0.1) is 0 Å². The van der Waals surface area contributed by atoms with Gasteiger partial charge in [-0.2, -0.15) is 0 Å². The van der Waals surface area contributed by atoms with Crippen molar-refractivity contribution < 1.29 is 9.53 Å². The first-order chi connectivity index (χ1) is 10.1. The fourth-order valence-corrected chi connectivity index (χ4v) is 1.89. The Bertz CT molecular complexity index is 449. The largest absolute Gasteiger partial charge is 0.380 e. The number of pyridine rings is 1. The lowest BCUT2D eigenvalue weighted by Gasteiger charge is -2.15. The summed E-state index contributed by atoms with van der Waals surface area (Å²) in [5.41, 5.74) is 1.56. The summed E-state index contributed by atoms with van der Waals surface area (Å²) in [6, 6.07) is 3.64. The summed E-state index contributed by atoms with van der Waals surface area (Å²) in [4.78, 5) is 16.8. The molecule has 118 valence electrons. The van der Waals surface area contributed by atoms with E-state index in [1.807, 2.05) is 26.8 Å². The van der Waals surface area contributed by atoms with E-state index in [1.165, 1.54) is 0 Å². The van der Waals surface area contributed by atoms with E-state index in [4.69, 9.17) is 4.74 Å². The molecule has 1 rings (SSSR count). The van der Waals surface area contributed by atoms with Crippen LogP contribution in [0.25, 0.3) is 0 Å². The smallest absolute Gasteiger partial charge is 0.251 e. The number of nitrogens with zero attached hydrogens (tertiary/aromatic N) is 1. The maximum atomic E-state index is 12.3. The summed E-state index contributed by atoms with van der Waals surface area (Å²) in [6.07, 6.45) is 1.82. The number of amides is 1. The number of anilines is 1. The number of aryl methyl sites for hydroxylation is 1. The Morgan fingerprint density at radius 2 is 2.10 bits per heavy atom. The second-order valence-electron chi connectivity index (χ2n) is 5.05. The van der Waals surface area contributed by atoms with E-state index in [9.17, 15) is 4.79 Å². The molecule has 0 spiro atoms. The molecule has 0 bridgehead atoms. The van der Waals surface area contributed by atoms with Gasteiger partial charge in [0.2, 0.25) is 0 Å². The minimum Gasteiger partial charge on any atom is -0.380 e. The quantitative estimate of drug-likeness (QED) is 0.734. The fourth-order valence-electron chi connectivity index (χ4n) is 1.89. The van der Waals surface area contributed by atoms with Crippen molar-refractivity contribution in [3.05, 3.63) is 23.4 Å². The van der Waals surface area contributed by atoms with Crippen LogP contribution >= 0.6 is 0 Å². The highest BCUT2D eigenvalue weighted by molar-refractivity contribution is 5.95. The van der Waals surface area contributed by atoms with Crippen LogP contribution in [0.3, 0.4) is 0 Å². The topological polar surface area (TPSA) is 63.2 Å². The molecule has 1 unspecified atom stereocenters. The highest BCUT2D eigenvalue weighted by Crippen LogP contribution is 2.12. The van der Waals surface area contributed by atoms with Crippen molar-refractivity contribution >= 4 is 11.7 Å². The maximum absolute atomic E-state index is 12.3. The van der Waals surface area contributed by atoms with E-state index in [0.717, 1.165) is 30.9 Å². The molecule has 2 N–H and O–H groups in total. The number of rotatable bonds is 9. The monoisotopic (exact) mass is 293 g/mol. The number of nitrogens with one attached hydrogen (secondary N) is 2. The maximum Gasteiger partial charge on any atom is 0.251 e. The zero-order valence-electron chi connectivity index (χ0n) is 13.5. The van der Waals surface area contributed by atoms with Crippen molar-refractivity contribution in [2.24, 2.45) is 0 Å². The van der Waals surface area contributed by atoms with Crippen molar-refractivity contribution in [2.75, 3.05) is 25.1 Å². The summed E-state index contributed by atoms with van der Waals surface area (Å²) in [5, 5.41) is 6.18. The molecule has 0 aliphatic carbocycles. The molecule has 0 aliphatic rings. The molecule has 5 heteroatoms. The van der Waals surface area contributed by atoms with E-state index < -0.39 is 0 Å². The molecule has 1 aromatic heterocycles. The Labute approximate surface area is 127 Å². The average Bonchev–Trinajstić information content (AvgIpc) is 2.50. The van der Waals surface area contributed by atoms with Gasteiger partial charge >= 0.3 is 0 Å². The molecule has 1 amide bonds. The minimum absolute atomic E-state index is 0.0113. The van der Waals surface area contributed by atoms with Gasteiger partial charge in [0.15, 0.2) is 0 Å². The summed E-state index contributed by atoms with van der Waals surface area (Å²) >= 11 is 0. The van der Waals surface area contributed by atoms with E-state index >= 15 is 0 Å². The fraction of sp³-hybridized carbons (Fsp3) is 0.625. The Kier molecular flexibility index (Phi) is 7.75. The molecule has 1 atom stereocenters. The van der Waals surface area contributed by atoms with Gasteiger partial charge in [-0.25, -0.2) is 4.98 Å². The number of ether oxygens (including phenoxy) is 1. The molecular weight excluding hydrogens is 266 g/mol. The summed E-state index contributed by atoms with van der Waals surface area (Å²) in [7, 11) is 0. The highest BCUT2D eigenvalue weighted by atomic mass is 16.5. The Morgan fingerprint density at radius 3 is 2.71 bits per heavy atom. The molecule has 0 saturated heterocycles. The zero-order chi connectivity index (χ0) is 15.7. The first-order valence-corrected chi connectivity index (χ1v) is 7.74. The van der Waals surface area contributed by atoms with E-state index in [0.29, 0.717) is 18.8 Å². The SMILES string of the molecule is CCCNc1cc(C(=O)NC(C)COCC)cc(CC)n1. The first-order valence-electron chi connectivity index (χ1n) is 7.74. The zero-order valence-corrected chi connectivity index (χ0v) is 13.5. The van der Waals surface area contributed by atoms with Crippen molar-refractivity contribution in [1.82, 2.24) is 10.3 Å². The molecule has 21 heavy (non-hydrogen) atoms. The van der Waals surface area contributed by atoms with Crippen LogP contribution in [0.2, 0.25) is 0 Å². The average molecular weight is 293 g/mol. The van der Waals surface area contributed by atoms with Crippen molar-refractivity contribution in [3.8, 4) is 0 Å². The predicted octanol–water partition coefficient (Wildman–Crippen LogP) is 2.62. The third-order valence-electron chi connectivity index (χ3n) is 3.01. The van der Waals surface area contributed by atoms with Crippen LogP contribution in [0.5, 0.6) is 0 Å². The van der Waals surface area contributed by atoms with Crippen LogP contribution in [0.15, 0.2) is 12.1 Å². The van der Waals surface area contributed by atoms with Gasteiger partial charge in [-0.3, -0.25) is 4.79 Å². The summed E-state index contributed by atoms with van der Waals surface area (Å²) < 4.78 is 5.31. The lowest BCUT2D eigenvalue weighted by atomic mass is 10.1. The summed E-state index contributed by atoms with van der Waals surface area (Å²) in [6.45, 7) is 10.0. The van der Waals surface area contributed by atoms with Crippen molar-refractivity contribution in [3.63, 3.8) is 0 Å². The number of hydrogen-bond acceptors (Lipinski definition) is 4. The minimum atomic E-state index is -0.0844. The van der Waals surface area contributed by atoms with Crippen molar-refractivity contribution in [2.45, 2.75) is 46.6 Å². The predicted molar refractivity (Wildman–Crippen MR) is 85.8 cm³/mol. The lowest BCUT2D eigenvalue weighted by Crippen LogP contribution is -2.36. The van der Waals surface area contributed by atoms with E-state index in [-0.39, 0.29) is 11.9 Å². The van der Waals surface area contributed by atoms with Gasteiger partial charge in [0.05, 0.1) is 6.61 Å². The molecule has 0 aliphatic heterocycles. The van der Waals surface area contributed by atoms with Gasteiger partial charge in [-0.05, 0) is 38.8 Å². The standard InChI is InChI=1S/C16H27N3O2/c1-5-8-17-15-10-13(9-14(6-2)19-15)16(20)18-12(4)11-21-7-3/h9-10,12H,5-8,11H2,1-4H3,(H,17,19)(H,18,20). The molecule has 0 fully saturated rings. The molecule has 0 aromatic carbocycles. The van der Waals surface area contributed by atoms with E-state index in [2.05, 4.69) is 22.5 Å². The van der Waals surface area contributed by atoms with Crippen LogP contribution in [-0.4, -0.2) is 36.7 Å². The van der Waals surface area contributed by atoms with Gasteiger partial charge in [0.25, 0.3) is 5.91 Å². The third-order valence-corrected chi connectivity index (χ3v) is 3.01. The van der Waals surface area contributed by atoms with Gasteiger partial charge < -0.3 is 15.4 Å². The molecule has 0 radical (unpaired) electrons. The van der Waals surface area contributed by atoms with Crippen LogP contribution < -0.4 is 10.6 Å². The molecular formula is C16H27N3O2. The van der Waals surface area contributed by atoms with Gasteiger partial charge in [0, 0.05) is 30.5 Å². The van der Waals surface area contributed by atoms with Crippen LogP contribution in [0.1, 0.15) is 50.2 Å². The molecule has 5 nitrogen and oxygen atoms in total. The van der Waals surface area contributed by atoms with Gasteiger partial charge in [-0.15, -0.1) is 0 Å². The van der Waals surface area contributed by atoms with Crippen LogP contribution in [0.4, 0.5) is 5.82 Å². The Balaban J connectivity index is 2.77. The second kappa shape index (κ2) is 9.34. The Morgan fingerprint density at radius 1 is 1.33 bits per heavy atom. The first kappa shape index (κ1) is 17.4. The van der Waals surface area contributed by atoms with Crippen LogP contribution in [-0.2, 0) is 11.2 Å².